The summed E-state index contributed by atoms with van der Waals surface area (Å²) >= 11 is 0. The van der Waals surface area contributed by atoms with Gasteiger partial charge >= 0.3 is 0 Å². The van der Waals surface area contributed by atoms with Crippen LogP contribution in [0.1, 0.15) is 5.56 Å². The molecule has 0 amide bonds. The summed E-state index contributed by atoms with van der Waals surface area (Å²) in [4.78, 5) is 16.2. The average Bonchev–Trinajstić information content (AvgIpc) is 3.35. The van der Waals surface area contributed by atoms with Gasteiger partial charge in [-0.25, -0.2) is 15.0 Å². The number of hydrogen-bond donors (Lipinski definition) is 2. The molecule has 126 valence electrons. The summed E-state index contributed by atoms with van der Waals surface area (Å²) in [5, 5.41) is 4.36. The van der Waals surface area contributed by atoms with Crippen LogP contribution < -0.4 is 5.32 Å². The molecule has 6 nitrogen and oxygen atoms in total. The van der Waals surface area contributed by atoms with Crippen LogP contribution in [0.3, 0.4) is 0 Å². The van der Waals surface area contributed by atoms with Gasteiger partial charge in [-0.1, -0.05) is 30.3 Å². The highest BCUT2D eigenvalue weighted by Crippen LogP contribution is 2.30. The summed E-state index contributed by atoms with van der Waals surface area (Å²) in [6.45, 7) is 0.623. The number of rotatable bonds is 4. The number of anilines is 1. The number of aromatic nitrogens is 4. The van der Waals surface area contributed by atoms with Crippen molar-refractivity contribution in [1.82, 2.24) is 19.9 Å². The topological polar surface area (TPSA) is 79.6 Å². The van der Waals surface area contributed by atoms with Crippen molar-refractivity contribution < 1.29 is 4.42 Å². The number of benzene rings is 2. The second-order valence-electron chi connectivity index (χ2n) is 5.99. The normalized spacial score (nSPS) is 11.2. The first-order valence-electron chi connectivity index (χ1n) is 8.33. The zero-order valence-electron chi connectivity index (χ0n) is 13.8. The maximum atomic E-state index is 5.95. The number of nitrogens with zero attached hydrogens (tertiary/aromatic N) is 3. The molecule has 2 N–H and O–H groups in total. The second kappa shape index (κ2) is 6.00. The van der Waals surface area contributed by atoms with Gasteiger partial charge in [0.25, 0.3) is 0 Å². The van der Waals surface area contributed by atoms with Crippen LogP contribution in [0, 0.1) is 0 Å². The lowest BCUT2D eigenvalue weighted by Gasteiger charge is -2.07. The molecule has 0 radical (unpaired) electrons. The first-order valence-corrected chi connectivity index (χ1v) is 8.33. The lowest BCUT2D eigenvalue weighted by atomic mass is 10.1. The molecule has 5 aromatic rings. The fourth-order valence-corrected chi connectivity index (χ4v) is 3.09. The Morgan fingerprint density at radius 3 is 2.88 bits per heavy atom. The molecular formula is C20H15N5O. The quantitative estimate of drug-likeness (QED) is 0.507. The van der Waals surface area contributed by atoms with Gasteiger partial charge in [0, 0.05) is 29.9 Å². The molecule has 0 fully saturated rings. The predicted molar refractivity (Wildman–Crippen MR) is 101 cm³/mol. The summed E-state index contributed by atoms with van der Waals surface area (Å²) < 4.78 is 5.95. The van der Waals surface area contributed by atoms with E-state index >= 15 is 0 Å². The molecule has 0 bridgehead atoms. The van der Waals surface area contributed by atoms with Crippen LogP contribution in [0.4, 0.5) is 5.82 Å². The van der Waals surface area contributed by atoms with Crippen LogP contribution in [0.5, 0.6) is 0 Å². The van der Waals surface area contributed by atoms with E-state index in [1.54, 1.807) is 12.5 Å². The fraction of sp³-hybridized carbons (Fsp3) is 0.0500. The largest absolute Gasteiger partial charge is 0.450 e. The maximum Gasteiger partial charge on any atom is 0.196 e. The van der Waals surface area contributed by atoms with Gasteiger partial charge in [-0.3, -0.25) is 0 Å². The van der Waals surface area contributed by atoms with E-state index in [1.807, 2.05) is 42.6 Å². The minimum absolute atomic E-state index is 0.623. The molecule has 3 aromatic heterocycles. The molecule has 0 saturated carbocycles. The SMILES string of the molecule is c1cc(CNc2ncnc3c2oc2ccccc23)cc(-c2ncc[nH]2)c1. The summed E-state index contributed by atoms with van der Waals surface area (Å²) in [6, 6.07) is 16.1. The number of H-pyrrole nitrogens is 1. The monoisotopic (exact) mass is 341 g/mol. The molecule has 3 heterocycles. The zero-order chi connectivity index (χ0) is 17.3. The third-order valence-corrected chi connectivity index (χ3v) is 4.32. The minimum Gasteiger partial charge on any atom is -0.450 e. The van der Waals surface area contributed by atoms with Gasteiger partial charge in [0.2, 0.25) is 0 Å². The van der Waals surface area contributed by atoms with Crippen molar-refractivity contribution >= 4 is 27.9 Å². The lowest BCUT2D eigenvalue weighted by molar-refractivity contribution is 0.666. The summed E-state index contributed by atoms with van der Waals surface area (Å²) in [7, 11) is 0. The van der Waals surface area contributed by atoms with Crippen LogP contribution in [-0.4, -0.2) is 19.9 Å². The minimum atomic E-state index is 0.623. The van der Waals surface area contributed by atoms with E-state index in [0.29, 0.717) is 17.9 Å². The molecule has 0 saturated heterocycles. The number of para-hydroxylation sites is 1. The molecule has 0 spiro atoms. The van der Waals surface area contributed by atoms with Crippen molar-refractivity contribution in [3.05, 3.63) is 72.8 Å². The zero-order valence-corrected chi connectivity index (χ0v) is 13.8. The number of hydrogen-bond acceptors (Lipinski definition) is 5. The molecule has 0 aliphatic rings. The highest BCUT2D eigenvalue weighted by Gasteiger charge is 2.12. The molecule has 0 aliphatic carbocycles. The van der Waals surface area contributed by atoms with Gasteiger partial charge < -0.3 is 14.7 Å². The number of aromatic amines is 1. The Hall–Kier alpha value is -3.67. The molecule has 26 heavy (non-hydrogen) atoms. The third-order valence-electron chi connectivity index (χ3n) is 4.32. The molecular weight excluding hydrogens is 326 g/mol. The highest BCUT2D eigenvalue weighted by molar-refractivity contribution is 6.05. The van der Waals surface area contributed by atoms with E-state index in [9.17, 15) is 0 Å². The van der Waals surface area contributed by atoms with Crippen LogP contribution in [0.25, 0.3) is 33.5 Å². The first-order chi connectivity index (χ1) is 12.9. The van der Waals surface area contributed by atoms with E-state index in [1.165, 1.54) is 0 Å². The lowest BCUT2D eigenvalue weighted by Crippen LogP contribution is -2.02. The third kappa shape index (κ3) is 2.48. The van der Waals surface area contributed by atoms with Crippen molar-refractivity contribution in [3.8, 4) is 11.4 Å². The Bertz CT molecular complexity index is 1190. The summed E-state index contributed by atoms with van der Waals surface area (Å²) in [5.41, 5.74) is 4.48. The van der Waals surface area contributed by atoms with E-state index in [2.05, 4.69) is 37.4 Å². The van der Waals surface area contributed by atoms with Gasteiger partial charge in [0.15, 0.2) is 11.4 Å². The van der Waals surface area contributed by atoms with Crippen LogP contribution >= 0.6 is 0 Å². The number of imidazole rings is 1. The van der Waals surface area contributed by atoms with E-state index < -0.39 is 0 Å². The van der Waals surface area contributed by atoms with Crippen molar-refractivity contribution in [3.63, 3.8) is 0 Å². The maximum absolute atomic E-state index is 5.95. The van der Waals surface area contributed by atoms with E-state index in [0.717, 1.165) is 33.4 Å². The standard InChI is InChI=1S/C20H15N5O/c1-2-7-16-15(6-1)17-18(26-16)20(25-12-24-17)23-11-13-4-3-5-14(10-13)19-21-8-9-22-19/h1-10,12H,11H2,(H,21,22)(H,23,24,25). The van der Waals surface area contributed by atoms with Gasteiger partial charge in [-0.2, -0.15) is 0 Å². The summed E-state index contributed by atoms with van der Waals surface area (Å²) in [5.74, 6) is 1.54. The van der Waals surface area contributed by atoms with Gasteiger partial charge in [0.05, 0.1) is 0 Å². The van der Waals surface area contributed by atoms with Crippen molar-refractivity contribution in [2.24, 2.45) is 0 Å². The molecule has 0 aliphatic heterocycles. The molecule has 0 atom stereocenters. The molecule has 2 aromatic carbocycles. The van der Waals surface area contributed by atoms with Gasteiger partial charge in [-0.15, -0.1) is 0 Å². The Morgan fingerprint density at radius 1 is 1.00 bits per heavy atom. The highest BCUT2D eigenvalue weighted by atomic mass is 16.3. The molecule has 0 unspecified atom stereocenters. The van der Waals surface area contributed by atoms with E-state index in [4.69, 9.17) is 4.42 Å². The van der Waals surface area contributed by atoms with Crippen molar-refractivity contribution in [2.75, 3.05) is 5.32 Å². The Kier molecular flexibility index (Phi) is 3.38. The Morgan fingerprint density at radius 2 is 1.96 bits per heavy atom. The van der Waals surface area contributed by atoms with Gasteiger partial charge in [-0.05, 0) is 23.8 Å². The second-order valence-corrected chi connectivity index (χ2v) is 5.99. The van der Waals surface area contributed by atoms with E-state index in [-0.39, 0.29) is 0 Å². The number of nitrogens with one attached hydrogen (secondary N) is 2. The van der Waals surface area contributed by atoms with Crippen LogP contribution in [0.15, 0.2) is 71.7 Å². The predicted octanol–water partition coefficient (Wildman–Crippen LogP) is 4.38. The van der Waals surface area contributed by atoms with Crippen molar-refractivity contribution in [1.29, 1.82) is 0 Å². The van der Waals surface area contributed by atoms with Gasteiger partial charge in [0.1, 0.15) is 23.3 Å². The summed E-state index contributed by atoms with van der Waals surface area (Å²) in [6.07, 6.45) is 5.13. The fourth-order valence-electron chi connectivity index (χ4n) is 3.09. The average molecular weight is 341 g/mol. The Balaban J connectivity index is 1.46. The van der Waals surface area contributed by atoms with Crippen LogP contribution in [-0.2, 0) is 6.54 Å². The Labute approximate surface area is 148 Å². The van der Waals surface area contributed by atoms with Crippen molar-refractivity contribution in [2.45, 2.75) is 6.54 Å². The number of fused-ring (bicyclic) bond motifs is 3. The van der Waals surface area contributed by atoms with Crippen LogP contribution in [0.2, 0.25) is 0 Å². The molecule has 5 rings (SSSR count). The smallest absolute Gasteiger partial charge is 0.196 e. The molecule has 6 heteroatoms. The first kappa shape index (κ1) is 14.7. The number of furan rings is 1.